The van der Waals surface area contributed by atoms with Crippen molar-refractivity contribution in [3.05, 3.63) is 34.4 Å². The highest BCUT2D eigenvalue weighted by molar-refractivity contribution is 6.42. The molecule has 15 heavy (non-hydrogen) atoms. The number of anilines is 1. The molecule has 0 aliphatic rings. The molecule has 0 spiro atoms. The van der Waals surface area contributed by atoms with Crippen LogP contribution in [0.1, 0.15) is 0 Å². The molecule has 80 valence electrons. The van der Waals surface area contributed by atoms with E-state index >= 15 is 0 Å². The monoisotopic (exact) mass is 248 g/mol. The Morgan fingerprint density at radius 1 is 1.47 bits per heavy atom. The Bertz CT molecular complexity index is 397. The molecule has 0 unspecified atom stereocenters. The van der Waals surface area contributed by atoms with Crippen LogP contribution < -0.4 is 4.42 Å². The maximum absolute atomic E-state index is 11.1. The zero-order chi connectivity index (χ0) is 11.4. The lowest BCUT2D eigenvalue weighted by Gasteiger charge is -2.11. The van der Waals surface area contributed by atoms with Crippen LogP contribution >= 0.6 is 23.4 Å². The van der Waals surface area contributed by atoms with Crippen molar-refractivity contribution in [3.8, 4) is 0 Å². The molecule has 0 saturated heterocycles. The standard InChI is InChI=1S/C8H6Cl2N2O3/c9-5-8(13)11(10)6-3-1-2-4-7(6)12(14)15/h1-4H,5H2. The molecule has 1 amide bonds. The van der Waals surface area contributed by atoms with Gasteiger partial charge in [-0.05, 0) is 6.07 Å². The summed E-state index contributed by atoms with van der Waals surface area (Å²) < 4.78 is 0.644. The molecule has 0 bridgehead atoms. The maximum atomic E-state index is 11.1. The molecule has 5 nitrogen and oxygen atoms in total. The van der Waals surface area contributed by atoms with Crippen molar-refractivity contribution in [2.24, 2.45) is 0 Å². The van der Waals surface area contributed by atoms with Crippen molar-refractivity contribution in [2.75, 3.05) is 10.3 Å². The molecular formula is C8H6Cl2N2O3. The number of nitrogens with zero attached hydrogens (tertiary/aromatic N) is 2. The van der Waals surface area contributed by atoms with Gasteiger partial charge in [0.05, 0.1) is 4.92 Å². The first-order chi connectivity index (χ1) is 7.07. The van der Waals surface area contributed by atoms with Gasteiger partial charge in [-0.2, -0.15) is 0 Å². The zero-order valence-corrected chi connectivity index (χ0v) is 8.90. The van der Waals surface area contributed by atoms with Crippen molar-refractivity contribution in [1.82, 2.24) is 0 Å². The van der Waals surface area contributed by atoms with E-state index in [2.05, 4.69) is 0 Å². The highest BCUT2D eigenvalue weighted by atomic mass is 35.5. The van der Waals surface area contributed by atoms with E-state index in [9.17, 15) is 14.9 Å². The van der Waals surface area contributed by atoms with Crippen LogP contribution in [0.4, 0.5) is 11.4 Å². The second-order valence-corrected chi connectivity index (χ2v) is 3.16. The average molecular weight is 249 g/mol. The van der Waals surface area contributed by atoms with E-state index in [0.717, 1.165) is 0 Å². The third-order valence-electron chi connectivity index (χ3n) is 1.62. The van der Waals surface area contributed by atoms with E-state index in [4.69, 9.17) is 23.4 Å². The van der Waals surface area contributed by atoms with E-state index in [-0.39, 0.29) is 17.3 Å². The second kappa shape index (κ2) is 4.95. The van der Waals surface area contributed by atoms with Gasteiger partial charge in [0.15, 0.2) is 0 Å². The summed E-state index contributed by atoms with van der Waals surface area (Å²) in [4.78, 5) is 21.1. The van der Waals surface area contributed by atoms with Gasteiger partial charge in [0.2, 0.25) is 0 Å². The number of benzene rings is 1. The second-order valence-electron chi connectivity index (χ2n) is 2.55. The van der Waals surface area contributed by atoms with Gasteiger partial charge in [0.25, 0.3) is 11.6 Å². The number of nitro groups is 1. The molecule has 1 rings (SSSR count). The molecule has 0 radical (unpaired) electrons. The van der Waals surface area contributed by atoms with E-state index in [1.54, 1.807) is 6.07 Å². The lowest BCUT2D eigenvalue weighted by Crippen LogP contribution is -2.22. The summed E-state index contributed by atoms with van der Waals surface area (Å²) >= 11 is 10.9. The van der Waals surface area contributed by atoms with Crippen molar-refractivity contribution < 1.29 is 9.72 Å². The number of hydrogen-bond acceptors (Lipinski definition) is 3. The molecule has 1 aromatic carbocycles. The number of alkyl halides is 1. The number of hydrogen-bond donors (Lipinski definition) is 0. The molecule has 1 aromatic rings. The number of para-hydroxylation sites is 2. The lowest BCUT2D eigenvalue weighted by atomic mass is 10.2. The summed E-state index contributed by atoms with van der Waals surface area (Å²) in [5.41, 5.74) is -0.235. The van der Waals surface area contributed by atoms with Gasteiger partial charge in [0.1, 0.15) is 11.6 Å². The van der Waals surface area contributed by atoms with Gasteiger partial charge >= 0.3 is 0 Å². The summed E-state index contributed by atoms with van der Waals surface area (Å²) in [5.74, 6) is -0.956. The smallest absolute Gasteiger partial charge is 0.272 e. The van der Waals surface area contributed by atoms with E-state index in [0.29, 0.717) is 4.42 Å². The van der Waals surface area contributed by atoms with Gasteiger partial charge in [-0.25, -0.2) is 4.42 Å². The van der Waals surface area contributed by atoms with Crippen molar-refractivity contribution in [2.45, 2.75) is 0 Å². The van der Waals surface area contributed by atoms with Crippen LogP contribution in [0.15, 0.2) is 24.3 Å². The average Bonchev–Trinajstić information content (AvgIpc) is 2.27. The number of nitro benzene ring substituents is 1. The van der Waals surface area contributed by atoms with Crippen molar-refractivity contribution >= 4 is 40.7 Å². The minimum atomic E-state index is -0.619. The van der Waals surface area contributed by atoms with E-state index in [1.807, 2.05) is 0 Å². The van der Waals surface area contributed by atoms with E-state index < -0.39 is 10.8 Å². The molecule has 0 atom stereocenters. The highest BCUT2D eigenvalue weighted by Gasteiger charge is 2.21. The summed E-state index contributed by atoms with van der Waals surface area (Å²) in [6, 6.07) is 5.65. The van der Waals surface area contributed by atoms with Crippen LogP contribution in [0.2, 0.25) is 0 Å². The summed E-state index contributed by atoms with van der Waals surface area (Å²) in [5, 5.41) is 10.6. The first-order valence-electron chi connectivity index (χ1n) is 3.86. The fraction of sp³-hybridized carbons (Fsp3) is 0.125. The Balaban J connectivity index is 3.13. The normalized spacial score (nSPS) is 9.73. The molecule has 7 heteroatoms. The van der Waals surface area contributed by atoms with Crippen molar-refractivity contribution in [3.63, 3.8) is 0 Å². The third kappa shape index (κ3) is 2.57. The van der Waals surface area contributed by atoms with Crippen LogP contribution in [0, 0.1) is 10.1 Å². The lowest BCUT2D eigenvalue weighted by molar-refractivity contribution is -0.384. The number of amides is 1. The largest absolute Gasteiger partial charge is 0.294 e. The van der Waals surface area contributed by atoms with Gasteiger partial charge in [0, 0.05) is 17.8 Å². The Kier molecular flexibility index (Phi) is 3.88. The SMILES string of the molecule is O=C(CCl)N(Cl)c1ccccc1[N+](=O)[O-]. The van der Waals surface area contributed by atoms with Gasteiger partial charge in [-0.1, -0.05) is 12.1 Å². The predicted octanol–water partition coefficient (Wildman–Crippen LogP) is 2.32. The van der Waals surface area contributed by atoms with Crippen LogP contribution in [0.3, 0.4) is 0 Å². The molecule has 0 heterocycles. The quantitative estimate of drug-likeness (QED) is 0.357. The van der Waals surface area contributed by atoms with Crippen LogP contribution in [0.25, 0.3) is 0 Å². The Labute approximate surface area is 95.5 Å². The van der Waals surface area contributed by atoms with Crippen LogP contribution in [-0.2, 0) is 4.79 Å². The topological polar surface area (TPSA) is 63.5 Å². The molecule has 0 aromatic heterocycles. The zero-order valence-electron chi connectivity index (χ0n) is 7.39. The molecule has 0 saturated carbocycles. The number of carbonyl (C=O) groups excluding carboxylic acids is 1. The minimum absolute atomic E-state index is 0.00909. The van der Waals surface area contributed by atoms with Crippen LogP contribution in [-0.4, -0.2) is 16.7 Å². The molecule has 0 aliphatic heterocycles. The minimum Gasteiger partial charge on any atom is -0.272 e. The van der Waals surface area contributed by atoms with Gasteiger partial charge in [-0.15, -0.1) is 11.6 Å². The highest BCUT2D eigenvalue weighted by Crippen LogP contribution is 2.28. The maximum Gasteiger partial charge on any atom is 0.294 e. The Morgan fingerprint density at radius 2 is 2.07 bits per heavy atom. The molecule has 0 N–H and O–H groups in total. The van der Waals surface area contributed by atoms with Crippen LogP contribution in [0.5, 0.6) is 0 Å². The number of carbonyl (C=O) groups is 1. The first-order valence-corrected chi connectivity index (χ1v) is 4.73. The molecule has 0 aliphatic carbocycles. The van der Waals surface area contributed by atoms with Crippen molar-refractivity contribution in [1.29, 1.82) is 0 Å². The van der Waals surface area contributed by atoms with E-state index in [1.165, 1.54) is 18.2 Å². The van der Waals surface area contributed by atoms with Gasteiger partial charge < -0.3 is 0 Å². The summed E-state index contributed by atoms with van der Waals surface area (Å²) in [7, 11) is 0. The predicted molar refractivity (Wildman–Crippen MR) is 57.2 cm³/mol. The Morgan fingerprint density at radius 3 is 2.60 bits per heavy atom. The third-order valence-corrected chi connectivity index (χ3v) is 2.22. The number of halogens is 2. The fourth-order valence-corrected chi connectivity index (χ4v) is 1.35. The molecule has 0 fully saturated rings. The molecular weight excluding hydrogens is 243 g/mol. The van der Waals surface area contributed by atoms with Gasteiger partial charge in [-0.3, -0.25) is 14.9 Å². The Hall–Kier alpha value is -1.33. The first kappa shape index (κ1) is 11.7. The summed E-state index contributed by atoms with van der Waals surface area (Å²) in [6.45, 7) is 0. The fourth-order valence-electron chi connectivity index (χ4n) is 0.971. The number of rotatable bonds is 3. The summed E-state index contributed by atoms with van der Waals surface area (Å²) in [6.07, 6.45) is 0.